The highest BCUT2D eigenvalue weighted by Gasteiger charge is 2.22. The molecule has 0 fully saturated rings. The van der Waals surface area contributed by atoms with Gasteiger partial charge in [-0.1, -0.05) is 24.3 Å². The molecule has 1 amide bonds. The summed E-state index contributed by atoms with van der Waals surface area (Å²) in [6.07, 6.45) is 1.21. The molecule has 0 aromatic heterocycles. The summed E-state index contributed by atoms with van der Waals surface area (Å²) in [5.41, 5.74) is 2.33. The maximum absolute atomic E-state index is 13.6. The lowest BCUT2D eigenvalue weighted by Gasteiger charge is -2.29. The first-order chi connectivity index (χ1) is 11.8. The van der Waals surface area contributed by atoms with E-state index in [2.05, 4.69) is 0 Å². The molecule has 0 saturated heterocycles. The molecule has 5 nitrogen and oxygen atoms in total. The Hall–Kier alpha value is -2.25. The fraction of sp³-hybridized carbons (Fsp3) is 0.278. The molecule has 0 aliphatic carbocycles. The van der Waals surface area contributed by atoms with E-state index < -0.39 is 10.0 Å². The van der Waals surface area contributed by atoms with Crippen LogP contribution < -0.4 is 5.14 Å². The number of rotatable bonds is 4. The number of halogens is 1. The molecular weight excluding hydrogens is 343 g/mol. The molecule has 2 aromatic carbocycles. The van der Waals surface area contributed by atoms with Crippen molar-refractivity contribution in [3.05, 3.63) is 65.0 Å². The van der Waals surface area contributed by atoms with E-state index in [9.17, 15) is 17.6 Å². The summed E-state index contributed by atoms with van der Waals surface area (Å²) in [5, 5.41) is 5.17. The molecule has 0 bridgehead atoms. The fourth-order valence-corrected chi connectivity index (χ4v) is 3.59. The molecule has 132 valence electrons. The minimum atomic E-state index is -3.77. The molecule has 2 aromatic rings. The predicted octanol–water partition coefficient (Wildman–Crippen LogP) is 1.99. The van der Waals surface area contributed by atoms with Crippen molar-refractivity contribution < 1.29 is 17.6 Å². The number of nitrogens with two attached hydrogens (primary N) is 1. The largest absolute Gasteiger partial charge is 0.338 e. The minimum Gasteiger partial charge on any atom is -0.338 e. The average molecular weight is 362 g/mol. The minimum absolute atomic E-state index is 0.0481. The van der Waals surface area contributed by atoms with Crippen LogP contribution in [0, 0.1) is 5.82 Å². The van der Waals surface area contributed by atoms with Gasteiger partial charge in [0.25, 0.3) is 0 Å². The maximum atomic E-state index is 13.6. The molecular formula is C18H19FN2O3S. The quantitative estimate of drug-likeness (QED) is 0.903. The number of benzene rings is 2. The van der Waals surface area contributed by atoms with E-state index in [0.29, 0.717) is 31.5 Å². The normalized spacial score (nSPS) is 14.2. The number of hydrogen-bond donors (Lipinski definition) is 1. The zero-order valence-electron chi connectivity index (χ0n) is 13.6. The molecule has 0 unspecified atom stereocenters. The lowest BCUT2D eigenvalue weighted by molar-refractivity contribution is -0.132. The molecule has 3 rings (SSSR count). The Morgan fingerprint density at radius 1 is 1.16 bits per heavy atom. The van der Waals surface area contributed by atoms with Gasteiger partial charge in [-0.25, -0.2) is 17.9 Å². The van der Waals surface area contributed by atoms with Gasteiger partial charge in [0.15, 0.2) is 0 Å². The van der Waals surface area contributed by atoms with Crippen molar-refractivity contribution in [3.63, 3.8) is 0 Å². The Labute approximate surface area is 146 Å². The van der Waals surface area contributed by atoms with E-state index in [1.807, 2.05) is 0 Å². The summed E-state index contributed by atoms with van der Waals surface area (Å²) in [4.78, 5) is 14.2. The van der Waals surface area contributed by atoms with Crippen molar-refractivity contribution >= 4 is 15.9 Å². The Bertz CT molecular complexity index is 912. The van der Waals surface area contributed by atoms with Crippen molar-refractivity contribution in [2.75, 3.05) is 6.54 Å². The third kappa shape index (κ3) is 4.05. The lowest BCUT2D eigenvalue weighted by Crippen LogP contribution is -2.36. The highest BCUT2D eigenvalue weighted by atomic mass is 32.2. The van der Waals surface area contributed by atoms with Gasteiger partial charge in [-0.2, -0.15) is 0 Å². The van der Waals surface area contributed by atoms with Gasteiger partial charge in [0.2, 0.25) is 15.9 Å². The number of sulfonamides is 1. The van der Waals surface area contributed by atoms with E-state index >= 15 is 0 Å². The van der Waals surface area contributed by atoms with Crippen LogP contribution in [-0.4, -0.2) is 25.8 Å². The van der Waals surface area contributed by atoms with Crippen LogP contribution in [0.2, 0.25) is 0 Å². The average Bonchev–Trinajstić information content (AvgIpc) is 2.59. The topological polar surface area (TPSA) is 80.5 Å². The number of fused-ring (bicyclic) bond motifs is 1. The Morgan fingerprint density at radius 3 is 2.64 bits per heavy atom. The molecule has 2 N–H and O–H groups in total. The third-order valence-electron chi connectivity index (χ3n) is 4.44. The standard InChI is InChI=1S/C18H19FN2O3S/c19-17-4-2-1-3-14(17)6-8-18(22)21-10-9-13-5-7-16(25(20,23)24)11-15(13)12-21/h1-5,7,11H,6,8-10,12H2,(H2,20,23,24). The van der Waals surface area contributed by atoms with Gasteiger partial charge in [0, 0.05) is 19.5 Å². The van der Waals surface area contributed by atoms with Crippen molar-refractivity contribution in [1.29, 1.82) is 0 Å². The summed E-state index contributed by atoms with van der Waals surface area (Å²) in [5.74, 6) is -0.382. The second kappa shape index (κ2) is 6.93. The second-order valence-corrected chi connectivity index (χ2v) is 7.69. The van der Waals surface area contributed by atoms with Crippen LogP contribution in [0.15, 0.2) is 47.4 Å². The molecule has 0 atom stereocenters. The molecule has 0 spiro atoms. The summed E-state index contributed by atoms with van der Waals surface area (Å²) >= 11 is 0. The van der Waals surface area contributed by atoms with Crippen LogP contribution in [0.5, 0.6) is 0 Å². The van der Waals surface area contributed by atoms with Crippen LogP contribution in [0.1, 0.15) is 23.1 Å². The first-order valence-electron chi connectivity index (χ1n) is 8.00. The fourth-order valence-electron chi connectivity index (χ4n) is 3.02. The number of hydrogen-bond acceptors (Lipinski definition) is 3. The summed E-state index contributed by atoms with van der Waals surface area (Å²) in [7, 11) is -3.77. The van der Waals surface area contributed by atoms with Crippen LogP contribution in [0.4, 0.5) is 4.39 Å². The smallest absolute Gasteiger partial charge is 0.238 e. The highest BCUT2D eigenvalue weighted by molar-refractivity contribution is 7.89. The van der Waals surface area contributed by atoms with Crippen LogP contribution in [-0.2, 0) is 34.2 Å². The Morgan fingerprint density at radius 2 is 1.92 bits per heavy atom. The molecule has 25 heavy (non-hydrogen) atoms. The maximum Gasteiger partial charge on any atom is 0.238 e. The van der Waals surface area contributed by atoms with Gasteiger partial charge in [-0.05, 0) is 47.7 Å². The van der Waals surface area contributed by atoms with E-state index in [1.165, 1.54) is 18.2 Å². The summed E-state index contributed by atoms with van der Waals surface area (Å²) < 4.78 is 36.6. The van der Waals surface area contributed by atoms with Gasteiger partial charge in [-0.3, -0.25) is 4.79 Å². The van der Waals surface area contributed by atoms with E-state index in [1.54, 1.807) is 29.2 Å². The molecule has 1 heterocycles. The Kier molecular flexibility index (Phi) is 4.87. The monoisotopic (exact) mass is 362 g/mol. The number of amides is 1. The number of carbonyl (C=O) groups is 1. The van der Waals surface area contributed by atoms with Crippen LogP contribution in [0.3, 0.4) is 0 Å². The number of nitrogens with zero attached hydrogens (tertiary/aromatic N) is 1. The second-order valence-electron chi connectivity index (χ2n) is 6.13. The molecule has 0 radical (unpaired) electrons. The van der Waals surface area contributed by atoms with E-state index in [-0.39, 0.29) is 23.0 Å². The summed E-state index contributed by atoms with van der Waals surface area (Å²) in [6, 6.07) is 11.2. The first-order valence-corrected chi connectivity index (χ1v) is 9.55. The lowest BCUT2D eigenvalue weighted by atomic mass is 9.99. The summed E-state index contributed by atoms with van der Waals surface area (Å²) in [6.45, 7) is 0.909. The van der Waals surface area contributed by atoms with E-state index in [0.717, 1.165) is 11.1 Å². The van der Waals surface area contributed by atoms with Gasteiger partial charge < -0.3 is 4.90 Å². The predicted molar refractivity (Wildman–Crippen MR) is 91.7 cm³/mol. The number of primary sulfonamides is 1. The molecule has 1 aliphatic rings. The van der Waals surface area contributed by atoms with Crippen LogP contribution in [0.25, 0.3) is 0 Å². The van der Waals surface area contributed by atoms with Gasteiger partial charge in [-0.15, -0.1) is 0 Å². The zero-order chi connectivity index (χ0) is 18.0. The van der Waals surface area contributed by atoms with E-state index in [4.69, 9.17) is 5.14 Å². The van der Waals surface area contributed by atoms with Crippen LogP contribution >= 0.6 is 0 Å². The van der Waals surface area contributed by atoms with Crippen molar-refractivity contribution in [3.8, 4) is 0 Å². The van der Waals surface area contributed by atoms with Gasteiger partial charge >= 0.3 is 0 Å². The number of carbonyl (C=O) groups excluding carboxylic acids is 1. The highest BCUT2D eigenvalue weighted by Crippen LogP contribution is 2.23. The van der Waals surface area contributed by atoms with Crippen molar-refractivity contribution in [1.82, 2.24) is 4.90 Å². The molecule has 7 heteroatoms. The SMILES string of the molecule is NS(=O)(=O)c1ccc2c(c1)CN(C(=O)CCc1ccccc1F)CC2. The number of aryl methyl sites for hydroxylation is 1. The first kappa shape index (κ1) is 17.6. The van der Waals surface area contributed by atoms with Gasteiger partial charge in [0.05, 0.1) is 4.90 Å². The molecule has 1 aliphatic heterocycles. The third-order valence-corrected chi connectivity index (χ3v) is 5.35. The van der Waals surface area contributed by atoms with Crippen molar-refractivity contribution in [2.45, 2.75) is 30.7 Å². The van der Waals surface area contributed by atoms with Crippen molar-refractivity contribution in [2.24, 2.45) is 5.14 Å². The van der Waals surface area contributed by atoms with Gasteiger partial charge in [0.1, 0.15) is 5.82 Å². The zero-order valence-corrected chi connectivity index (χ0v) is 14.4. The molecule has 0 saturated carbocycles. The Balaban J connectivity index is 1.69.